The van der Waals surface area contributed by atoms with Gasteiger partial charge in [-0.05, 0) is 52.2 Å². The molecule has 31 heavy (non-hydrogen) atoms. The fourth-order valence-corrected chi connectivity index (χ4v) is 3.93. The van der Waals surface area contributed by atoms with E-state index in [1.54, 1.807) is 13.4 Å². The van der Waals surface area contributed by atoms with Gasteiger partial charge in [0.05, 0.1) is 12.7 Å². The van der Waals surface area contributed by atoms with E-state index < -0.39 is 5.60 Å². The molecule has 0 spiro atoms. The molecule has 1 fully saturated rings. The van der Waals surface area contributed by atoms with E-state index in [0.717, 1.165) is 41.7 Å². The number of aromatic nitrogens is 2. The van der Waals surface area contributed by atoms with E-state index in [2.05, 4.69) is 30.7 Å². The van der Waals surface area contributed by atoms with Gasteiger partial charge >= 0.3 is 0 Å². The fraction of sp³-hybridized carbons (Fsp3) is 0.565. The van der Waals surface area contributed by atoms with Gasteiger partial charge < -0.3 is 24.4 Å². The second kappa shape index (κ2) is 10.3. The number of likely N-dealkylation sites (N-methyl/N-ethyl adjacent to an activating group) is 2. The summed E-state index contributed by atoms with van der Waals surface area (Å²) in [4.78, 5) is 14.9. The zero-order valence-corrected chi connectivity index (χ0v) is 19.3. The Hall–Kier alpha value is -2.42. The van der Waals surface area contributed by atoms with Crippen molar-refractivity contribution >= 4 is 5.82 Å². The van der Waals surface area contributed by atoms with Crippen molar-refractivity contribution in [3.8, 4) is 11.5 Å². The Morgan fingerprint density at radius 3 is 2.68 bits per heavy atom. The predicted octanol–water partition coefficient (Wildman–Crippen LogP) is 1.81. The number of benzene rings is 1. The minimum atomic E-state index is -0.771. The number of ether oxygens (including phenoxy) is 2. The molecule has 2 aromatic rings. The average Bonchev–Trinajstić information content (AvgIpc) is 3.10. The molecule has 1 aromatic heterocycles. The molecular weight excluding hydrogens is 394 g/mol. The van der Waals surface area contributed by atoms with Crippen LogP contribution in [0.4, 0.5) is 5.82 Å². The largest absolute Gasteiger partial charge is 0.493 e. The molecule has 1 aliphatic heterocycles. The molecule has 0 unspecified atom stereocenters. The number of aryl methyl sites for hydroxylation is 1. The highest BCUT2D eigenvalue weighted by Gasteiger charge is 2.37. The number of β-amino-alcohol motifs (C(OH)–C–C–N with tert-alkyl or cyclic N) is 1. The Balaban J connectivity index is 1.57. The van der Waals surface area contributed by atoms with Gasteiger partial charge in [-0.3, -0.25) is 4.90 Å². The summed E-state index contributed by atoms with van der Waals surface area (Å²) < 4.78 is 11.4. The van der Waals surface area contributed by atoms with Gasteiger partial charge in [0.1, 0.15) is 18.8 Å². The Bertz CT molecular complexity index is 863. The van der Waals surface area contributed by atoms with Crippen molar-refractivity contribution in [2.45, 2.75) is 25.5 Å². The van der Waals surface area contributed by atoms with Crippen LogP contribution >= 0.6 is 0 Å². The maximum Gasteiger partial charge on any atom is 0.161 e. The molecule has 1 N–H and O–H groups in total. The van der Waals surface area contributed by atoms with Gasteiger partial charge in [-0.15, -0.1) is 0 Å². The topological polar surface area (TPSA) is 74.2 Å². The summed E-state index contributed by atoms with van der Waals surface area (Å²) in [6.45, 7) is 6.05. The minimum absolute atomic E-state index is 0.565. The molecule has 170 valence electrons. The highest BCUT2D eigenvalue weighted by molar-refractivity contribution is 5.43. The molecule has 8 heteroatoms. The number of rotatable bonds is 10. The van der Waals surface area contributed by atoms with Crippen LogP contribution in [-0.4, -0.2) is 91.5 Å². The Kier molecular flexibility index (Phi) is 7.69. The number of nitrogens with zero attached hydrogens (tertiary/aromatic N) is 5. The first-order chi connectivity index (χ1) is 14.8. The molecule has 2 heterocycles. The van der Waals surface area contributed by atoms with Crippen LogP contribution in [0.25, 0.3) is 0 Å². The van der Waals surface area contributed by atoms with Gasteiger partial charge in [0.2, 0.25) is 0 Å². The molecule has 0 amide bonds. The van der Waals surface area contributed by atoms with Crippen LogP contribution in [-0.2, 0) is 6.54 Å². The fourth-order valence-electron chi connectivity index (χ4n) is 3.93. The van der Waals surface area contributed by atoms with E-state index >= 15 is 0 Å². The second-order valence-electron chi connectivity index (χ2n) is 8.72. The summed E-state index contributed by atoms with van der Waals surface area (Å²) in [6.07, 6.45) is 2.29. The molecule has 1 atom stereocenters. The van der Waals surface area contributed by atoms with Crippen LogP contribution in [0.15, 0.2) is 30.6 Å². The zero-order valence-electron chi connectivity index (χ0n) is 19.3. The van der Waals surface area contributed by atoms with Gasteiger partial charge in [0, 0.05) is 44.5 Å². The molecule has 0 radical (unpaired) electrons. The predicted molar refractivity (Wildman–Crippen MR) is 122 cm³/mol. The molecule has 0 aliphatic carbocycles. The van der Waals surface area contributed by atoms with Crippen molar-refractivity contribution in [2.24, 2.45) is 0 Å². The lowest BCUT2D eigenvalue weighted by Gasteiger charge is -2.29. The van der Waals surface area contributed by atoms with Gasteiger partial charge in [-0.1, -0.05) is 6.07 Å². The molecule has 8 nitrogen and oxygen atoms in total. The Morgan fingerprint density at radius 2 is 1.97 bits per heavy atom. The maximum atomic E-state index is 11.2. The lowest BCUT2D eigenvalue weighted by molar-refractivity contribution is 0.0279. The van der Waals surface area contributed by atoms with Gasteiger partial charge in [-0.25, -0.2) is 9.97 Å². The summed E-state index contributed by atoms with van der Waals surface area (Å²) in [5, 5.41) is 11.2. The van der Waals surface area contributed by atoms with Crippen molar-refractivity contribution < 1.29 is 14.6 Å². The van der Waals surface area contributed by atoms with Crippen LogP contribution in [0.5, 0.6) is 11.5 Å². The smallest absolute Gasteiger partial charge is 0.161 e. The van der Waals surface area contributed by atoms with Crippen LogP contribution in [0.2, 0.25) is 0 Å². The first-order valence-electron chi connectivity index (χ1n) is 10.7. The van der Waals surface area contributed by atoms with Crippen LogP contribution < -0.4 is 14.4 Å². The number of hydrogen-bond donors (Lipinski definition) is 1. The first-order valence-corrected chi connectivity index (χ1v) is 10.7. The van der Waals surface area contributed by atoms with Gasteiger partial charge in [0.25, 0.3) is 0 Å². The lowest BCUT2D eigenvalue weighted by Crippen LogP contribution is -2.43. The summed E-state index contributed by atoms with van der Waals surface area (Å²) in [5.41, 5.74) is 1.28. The summed E-state index contributed by atoms with van der Waals surface area (Å²) in [7, 11) is 7.73. The quantitative estimate of drug-likeness (QED) is 0.613. The Labute approximate surface area is 185 Å². The maximum absolute atomic E-state index is 11.2. The standard InChI is InChI=1S/C23H35N5O3/c1-18-12-22(25-17-24-18)28-9-8-23(29,16-28)15-27(4)14-19-6-7-20(21(13-19)30-5)31-11-10-26(2)3/h6-7,12-13,17,29H,8-11,14-16H2,1-5H3/t23-/m0/s1. The number of methoxy groups -OCH3 is 1. The SMILES string of the molecule is COc1cc(CN(C)C[C@@]2(O)CCN(c3cc(C)ncn3)C2)ccc1OCCN(C)C. The van der Waals surface area contributed by atoms with E-state index in [9.17, 15) is 5.11 Å². The average molecular weight is 430 g/mol. The third-order valence-corrected chi connectivity index (χ3v) is 5.49. The second-order valence-corrected chi connectivity index (χ2v) is 8.72. The van der Waals surface area contributed by atoms with Gasteiger partial charge in [-0.2, -0.15) is 0 Å². The van der Waals surface area contributed by atoms with Gasteiger partial charge in [0.15, 0.2) is 11.5 Å². The van der Waals surface area contributed by atoms with Crippen molar-refractivity contribution in [3.05, 3.63) is 41.9 Å². The highest BCUT2D eigenvalue weighted by atomic mass is 16.5. The molecule has 0 saturated carbocycles. The third kappa shape index (κ3) is 6.53. The van der Waals surface area contributed by atoms with Crippen LogP contribution in [0.1, 0.15) is 17.7 Å². The number of hydrogen-bond acceptors (Lipinski definition) is 8. The van der Waals surface area contributed by atoms with E-state index in [-0.39, 0.29) is 0 Å². The summed E-state index contributed by atoms with van der Waals surface area (Å²) in [6, 6.07) is 7.99. The Morgan fingerprint density at radius 1 is 1.16 bits per heavy atom. The lowest BCUT2D eigenvalue weighted by atomic mass is 10.0. The molecule has 3 rings (SSSR count). The summed E-state index contributed by atoms with van der Waals surface area (Å²) >= 11 is 0. The van der Waals surface area contributed by atoms with Crippen LogP contribution in [0, 0.1) is 6.92 Å². The van der Waals surface area contributed by atoms with Crippen molar-refractivity contribution in [1.29, 1.82) is 0 Å². The summed E-state index contributed by atoms with van der Waals surface area (Å²) in [5.74, 6) is 2.36. The van der Waals surface area contributed by atoms with E-state index in [1.807, 2.05) is 46.3 Å². The van der Waals surface area contributed by atoms with Crippen molar-refractivity contribution in [3.63, 3.8) is 0 Å². The minimum Gasteiger partial charge on any atom is -0.493 e. The molecular formula is C23H35N5O3. The van der Waals surface area contributed by atoms with Crippen molar-refractivity contribution in [2.75, 3.05) is 65.9 Å². The first kappa shape index (κ1) is 23.2. The molecule has 1 aromatic carbocycles. The monoisotopic (exact) mass is 429 g/mol. The third-order valence-electron chi connectivity index (χ3n) is 5.49. The van der Waals surface area contributed by atoms with Crippen LogP contribution in [0.3, 0.4) is 0 Å². The van der Waals surface area contributed by atoms with E-state index in [1.165, 1.54) is 0 Å². The molecule has 1 saturated heterocycles. The van der Waals surface area contributed by atoms with E-state index in [0.29, 0.717) is 32.7 Å². The van der Waals surface area contributed by atoms with E-state index in [4.69, 9.17) is 9.47 Å². The van der Waals surface area contributed by atoms with Crippen molar-refractivity contribution in [1.82, 2.24) is 19.8 Å². The molecule has 0 bridgehead atoms. The zero-order chi connectivity index (χ0) is 22.4. The normalized spacial score (nSPS) is 18.8. The number of aliphatic hydroxyl groups is 1. The molecule has 1 aliphatic rings. The number of anilines is 1. The highest BCUT2D eigenvalue weighted by Crippen LogP contribution is 2.30.